The Morgan fingerprint density at radius 2 is 1.87 bits per heavy atom. The Hall–Kier alpha value is -0.300. The third-order valence-electron chi connectivity index (χ3n) is 4.15. The van der Waals surface area contributed by atoms with E-state index in [9.17, 15) is 0 Å². The summed E-state index contributed by atoms with van der Waals surface area (Å²) in [5.74, 6) is 1.75. The third kappa shape index (κ3) is 3.98. The van der Waals surface area contributed by atoms with Crippen molar-refractivity contribution in [3.63, 3.8) is 0 Å². The van der Waals surface area contributed by atoms with E-state index in [1.54, 1.807) is 5.57 Å². The highest BCUT2D eigenvalue weighted by Crippen LogP contribution is 2.33. The van der Waals surface area contributed by atoms with Crippen LogP contribution in [0, 0.1) is 11.8 Å². The maximum absolute atomic E-state index is 6.04. The topological polar surface area (TPSA) is 26.0 Å². The van der Waals surface area contributed by atoms with E-state index in [0.717, 1.165) is 11.8 Å². The molecule has 1 saturated carbocycles. The van der Waals surface area contributed by atoms with Crippen LogP contribution < -0.4 is 5.73 Å². The van der Waals surface area contributed by atoms with E-state index in [2.05, 4.69) is 27.7 Å². The fraction of sp³-hybridized carbons (Fsp3) is 0.857. The molecule has 3 atom stereocenters. The molecule has 88 valence electrons. The van der Waals surface area contributed by atoms with Gasteiger partial charge in [-0.25, -0.2) is 0 Å². The van der Waals surface area contributed by atoms with Crippen LogP contribution in [0.15, 0.2) is 11.1 Å². The largest absolute Gasteiger partial charge is 0.328 e. The molecule has 0 bridgehead atoms. The first-order valence-electron chi connectivity index (χ1n) is 6.39. The lowest BCUT2D eigenvalue weighted by Gasteiger charge is -2.32. The Morgan fingerprint density at radius 1 is 1.20 bits per heavy atom. The molecule has 0 aromatic carbocycles. The average molecular weight is 209 g/mol. The van der Waals surface area contributed by atoms with Crippen molar-refractivity contribution in [3.05, 3.63) is 11.1 Å². The van der Waals surface area contributed by atoms with Gasteiger partial charge in [0.2, 0.25) is 0 Å². The Labute approximate surface area is 95.1 Å². The van der Waals surface area contributed by atoms with Crippen molar-refractivity contribution in [2.75, 3.05) is 0 Å². The van der Waals surface area contributed by atoms with Gasteiger partial charge < -0.3 is 5.73 Å². The highest BCUT2D eigenvalue weighted by Gasteiger charge is 2.25. The molecule has 3 unspecified atom stereocenters. The van der Waals surface area contributed by atoms with Crippen LogP contribution in [-0.4, -0.2) is 6.04 Å². The molecule has 1 rings (SSSR count). The standard InChI is InChI=1S/C14H27N/c1-10(2)11(3)5-7-13-9-14(15)8-6-12(13)4/h12-14H,5-9,15H2,1-4H3. The molecule has 15 heavy (non-hydrogen) atoms. The zero-order chi connectivity index (χ0) is 11.4. The lowest BCUT2D eigenvalue weighted by atomic mass is 9.75. The molecule has 0 saturated heterocycles. The molecule has 1 aliphatic carbocycles. The van der Waals surface area contributed by atoms with Crippen molar-refractivity contribution in [1.29, 1.82) is 0 Å². The van der Waals surface area contributed by atoms with Crippen molar-refractivity contribution < 1.29 is 0 Å². The van der Waals surface area contributed by atoms with Crippen molar-refractivity contribution in [1.82, 2.24) is 0 Å². The molecular weight excluding hydrogens is 182 g/mol. The van der Waals surface area contributed by atoms with Gasteiger partial charge in [-0.3, -0.25) is 0 Å². The molecule has 0 heterocycles. The van der Waals surface area contributed by atoms with Gasteiger partial charge in [-0.1, -0.05) is 18.1 Å². The van der Waals surface area contributed by atoms with Crippen LogP contribution in [0.4, 0.5) is 0 Å². The molecule has 1 heteroatoms. The average Bonchev–Trinajstić information content (AvgIpc) is 2.18. The summed E-state index contributed by atoms with van der Waals surface area (Å²) < 4.78 is 0. The van der Waals surface area contributed by atoms with Crippen LogP contribution in [0.1, 0.15) is 59.8 Å². The summed E-state index contributed by atoms with van der Waals surface area (Å²) in [6.07, 6.45) is 6.42. The molecule has 0 radical (unpaired) electrons. The van der Waals surface area contributed by atoms with Crippen LogP contribution >= 0.6 is 0 Å². The zero-order valence-corrected chi connectivity index (χ0v) is 10.8. The number of hydrogen-bond acceptors (Lipinski definition) is 1. The summed E-state index contributed by atoms with van der Waals surface area (Å²) in [5, 5.41) is 0. The molecule has 1 fully saturated rings. The smallest absolute Gasteiger partial charge is 0.00416 e. The number of hydrogen-bond donors (Lipinski definition) is 1. The van der Waals surface area contributed by atoms with E-state index >= 15 is 0 Å². The lowest BCUT2D eigenvalue weighted by Crippen LogP contribution is -2.32. The fourth-order valence-corrected chi connectivity index (χ4v) is 2.51. The van der Waals surface area contributed by atoms with Gasteiger partial charge in [-0.15, -0.1) is 0 Å². The van der Waals surface area contributed by atoms with E-state index < -0.39 is 0 Å². The van der Waals surface area contributed by atoms with Gasteiger partial charge >= 0.3 is 0 Å². The molecule has 0 aromatic heterocycles. The van der Waals surface area contributed by atoms with Crippen molar-refractivity contribution in [3.8, 4) is 0 Å². The van der Waals surface area contributed by atoms with Crippen molar-refractivity contribution in [2.24, 2.45) is 17.6 Å². The summed E-state index contributed by atoms with van der Waals surface area (Å²) >= 11 is 0. The van der Waals surface area contributed by atoms with Gasteiger partial charge in [-0.05, 0) is 64.7 Å². The van der Waals surface area contributed by atoms with Gasteiger partial charge in [0.05, 0.1) is 0 Å². The van der Waals surface area contributed by atoms with Crippen molar-refractivity contribution in [2.45, 2.75) is 65.8 Å². The van der Waals surface area contributed by atoms with E-state index in [0.29, 0.717) is 6.04 Å². The number of allylic oxidation sites excluding steroid dienone is 2. The Morgan fingerprint density at radius 3 is 2.47 bits per heavy atom. The molecule has 1 nitrogen and oxygen atoms in total. The fourth-order valence-electron chi connectivity index (χ4n) is 2.51. The predicted molar refractivity (Wildman–Crippen MR) is 67.8 cm³/mol. The summed E-state index contributed by atoms with van der Waals surface area (Å²) in [6.45, 7) is 9.09. The Kier molecular flexibility index (Phi) is 4.85. The highest BCUT2D eigenvalue weighted by atomic mass is 14.6. The van der Waals surface area contributed by atoms with E-state index in [4.69, 9.17) is 5.73 Å². The van der Waals surface area contributed by atoms with Gasteiger partial charge in [0.15, 0.2) is 0 Å². The molecule has 0 aromatic rings. The quantitative estimate of drug-likeness (QED) is 0.701. The molecule has 0 aliphatic heterocycles. The van der Waals surface area contributed by atoms with Crippen LogP contribution in [0.3, 0.4) is 0 Å². The van der Waals surface area contributed by atoms with Gasteiger partial charge in [0.1, 0.15) is 0 Å². The second-order valence-corrected chi connectivity index (χ2v) is 5.63. The van der Waals surface area contributed by atoms with Gasteiger partial charge in [0, 0.05) is 6.04 Å². The summed E-state index contributed by atoms with van der Waals surface area (Å²) in [7, 11) is 0. The van der Waals surface area contributed by atoms with Crippen LogP contribution in [0.5, 0.6) is 0 Å². The van der Waals surface area contributed by atoms with Crippen LogP contribution in [0.25, 0.3) is 0 Å². The second-order valence-electron chi connectivity index (χ2n) is 5.63. The normalized spacial score (nSPS) is 31.4. The first-order valence-corrected chi connectivity index (χ1v) is 6.39. The minimum atomic E-state index is 0.471. The van der Waals surface area contributed by atoms with Crippen LogP contribution in [0.2, 0.25) is 0 Å². The van der Waals surface area contributed by atoms with E-state index in [1.165, 1.54) is 37.7 Å². The highest BCUT2D eigenvalue weighted by molar-refractivity contribution is 5.06. The Bertz CT molecular complexity index is 225. The molecule has 0 spiro atoms. The number of rotatable bonds is 3. The van der Waals surface area contributed by atoms with Gasteiger partial charge in [-0.2, -0.15) is 0 Å². The van der Waals surface area contributed by atoms with Gasteiger partial charge in [0.25, 0.3) is 0 Å². The monoisotopic (exact) mass is 209 g/mol. The molecule has 0 amide bonds. The minimum absolute atomic E-state index is 0.471. The lowest BCUT2D eigenvalue weighted by molar-refractivity contribution is 0.220. The maximum Gasteiger partial charge on any atom is 0.00416 e. The third-order valence-corrected chi connectivity index (χ3v) is 4.15. The first-order chi connectivity index (χ1) is 7.00. The zero-order valence-electron chi connectivity index (χ0n) is 10.8. The second kappa shape index (κ2) is 5.69. The molecule has 1 aliphatic rings. The Balaban J connectivity index is 2.40. The SMILES string of the molecule is CC(C)=C(C)CCC1CC(N)CCC1C. The summed E-state index contributed by atoms with van der Waals surface area (Å²) in [4.78, 5) is 0. The summed E-state index contributed by atoms with van der Waals surface area (Å²) in [6, 6.07) is 0.471. The predicted octanol–water partition coefficient (Wildman–Crippen LogP) is 3.89. The molecular formula is C14H27N. The summed E-state index contributed by atoms with van der Waals surface area (Å²) in [5.41, 5.74) is 9.10. The first kappa shape index (κ1) is 12.8. The van der Waals surface area contributed by atoms with Crippen LogP contribution in [-0.2, 0) is 0 Å². The minimum Gasteiger partial charge on any atom is -0.328 e. The maximum atomic E-state index is 6.04. The van der Waals surface area contributed by atoms with Crippen molar-refractivity contribution >= 4 is 0 Å². The number of nitrogens with two attached hydrogens (primary N) is 1. The van der Waals surface area contributed by atoms with E-state index in [1.807, 2.05) is 0 Å². The van der Waals surface area contributed by atoms with E-state index in [-0.39, 0.29) is 0 Å². The molecule has 2 N–H and O–H groups in total.